The summed E-state index contributed by atoms with van der Waals surface area (Å²) >= 11 is 1.25. The summed E-state index contributed by atoms with van der Waals surface area (Å²) < 4.78 is 0. The second-order valence-electron chi connectivity index (χ2n) is 1.63. The monoisotopic (exact) mass is 171 g/mol. The fourth-order valence-electron chi connectivity index (χ4n) is 0.477. The molecule has 0 radical (unpaired) electrons. The van der Waals surface area contributed by atoms with E-state index in [9.17, 15) is 4.79 Å². The largest absolute Gasteiger partial charge is 0.476 e. The SMILES string of the molecule is CSc1nncc(C(=O)O)n1. The molecule has 0 saturated carbocycles. The maximum absolute atomic E-state index is 10.3. The van der Waals surface area contributed by atoms with Crippen LogP contribution in [-0.4, -0.2) is 32.5 Å². The Kier molecular flexibility index (Phi) is 2.37. The first kappa shape index (κ1) is 7.93. The summed E-state index contributed by atoms with van der Waals surface area (Å²) in [6, 6.07) is 0. The third kappa shape index (κ3) is 1.87. The molecule has 1 aromatic heterocycles. The zero-order valence-electron chi connectivity index (χ0n) is 5.68. The van der Waals surface area contributed by atoms with Crippen LogP contribution in [0.1, 0.15) is 10.5 Å². The van der Waals surface area contributed by atoms with Crippen LogP contribution in [0.2, 0.25) is 0 Å². The van der Waals surface area contributed by atoms with Crippen LogP contribution in [0.25, 0.3) is 0 Å². The quantitative estimate of drug-likeness (QED) is 0.644. The van der Waals surface area contributed by atoms with Crippen LogP contribution in [0.15, 0.2) is 11.4 Å². The molecule has 1 N–H and O–H groups in total. The summed E-state index contributed by atoms with van der Waals surface area (Å²) in [6.45, 7) is 0. The molecule has 1 aromatic rings. The molecule has 0 aliphatic rings. The summed E-state index contributed by atoms with van der Waals surface area (Å²) in [5.41, 5.74) is -0.0793. The molecule has 0 atom stereocenters. The maximum atomic E-state index is 10.3. The third-order valence-electron chi connectivity index (χ3n) is 0.941. The first-order chi connectivity index (χ1) is 5.24. The average Bonchev–Trinajstić information content (AvgIpc) is 2.05. The first-order valence-corrected chi connectivity index (χ1v) is 3.93. The minimum Gasteiger partial charge on any atom is -0.476 e. The summed E-state index contributed by atoms with van der Waals surface area (Å²) in [7, 11) is 0. The van der Waals surface area contributed by atoms with Crippen molar-refractivity contribution in [3.05, 3.63) is 11.9 Å². The zero-order chi connectivity index (χ0) is 8.27. The van der Waals surface area contributed by atoms with Crippen LogP contribution in [0.4, 0.5) is 0 Å². The van der Waals surface area contributed by atoms with Gasteiger partial charge in [-0.25, -0.2) is 9.78 Å². The number of carbonyl (C=O) groups is 1. The highest BCUT2D eigenvalue weighted by atomic mass is 32.2. The van der Waals surface area contributed by atoms with Gasteiger partial charge in [-0.3, -0.25) is 0 Å². The molecule has 11 heavy (non-hydrogen) atoms. The van der Waals surface area contributed by atoms with Crippen molar-refractivity contribution >= 4 is 17.7 Å². The van der Waals surface area contributed by atoms with Gasteiger partial charge in [0.1, 0.15) is 0 Å². The van der Waals surface area contributed by atoms with Gasteiger partial charge >= 0.3 is 5.97 Å². The molecular formula is C5H5N3O2S. The molecule has 6 heteroatoms. The Morgan fingerprint density at radius 3 is 3.00 bits per heavy atom. The highest BCUT2D eigenvalue weighted by Gasteiger charge is 2.05. The maximum Gasteiger partial charge on any atom is 0.356 e. The van der Waals surface area contributed by atoms with Gasteiger partial charge in [0.25, 0.3) is 0 Å². The minimum absolute atomic E-state index is 0.0793. The number of aromatic carboxylic acids is 1. The lowest BCUT2D eigenvalue weighted by molar-refractivity contribution is 0.0688. The van der Waals surface area contributed by atoms with E-state index >= 15 is 0 Å². The van der Waals surface area contributed by atoms with Crippen molar-refractivity contribution in [2.24, 2.45) is 0 Å². The fraction of sp³-hybridized carbons (Fsp3) is 0.200. The van der Waals surface area contributed by atoms with Gasteiger partial charge in [-0.15, -0.1) is 5.10 Å². The van der Waals surface area contributed by atoms with Crippen molar-refractivity contribution in [1.29, 1.82) is 0 Å². The number of carboxylic acid groups (broad SMARTS) is 1. The number of carboxylic acids is 1. The summed E-state index contributed by atoms with van der Waals surface area (Å²) in [4.78, 5) is 14.0. The van der Waals surface area contributed by atoms with E-state index in [1.54, 1.807) is 6.26 Å². The molecule has 0 unspecified atom stereocenters. The number of thioether (sulfide) groups is 1. The van der Waals surface area contributed by atoms with Crippen LogP contribution in [0.5, 0.6) is 0 Å². The normalized spacial score (nSPS) is 9.55. The number of rotatable bonds is 2. The van der Waals surface area contributed by atoms with Crippen LogP contribution >= 0.6 is 11.8 Å². The molecule has 0 aliphatic carbocycles. The highest BCUT2D eigenvalue weighted by molar-refractivity contribution is 7.98. The average molecular weight is 171 g/mol. The van der Waals surface area contributed by atoms with E-state index in [-0.39, 0.29) is 5.69 Å². The van der Waals surface area contributed by atoms with E-state index in [1.165, 1.54) is 11.8 Å². The standard InChI is InChI=1S/C5H5N3O2S/c1-11-5-7-3(4(9)10)2-6-8-5/h2H,1H3,(H,9,10). The Bertz CT molecular complexity index is 278. The second-order valence-corrected chi connectivity index (χ2v) is 2.41. The third-order valence-corrected chi connectivity index (χ3v) is 1.48. The van der Waals surface area contributed by atoms with Gasteiger partial charge in [0, 0.05) is 0 Å². The number of nitrogens with zero attached hydrogens (tertiary/aromatic N) is 3. The van der Waals surface area contributed by atoms with Gasteiger partial charge in [-0.05, 0) is 6.26 Å². The summed E-state index contributed by atoms with van der Waals surface area (Å²) in [5.74, 6) is -1.09. The van der Waals surface area contributed by atoms with Crippen molar-refractivity contribution in [3.63, 3.8) is 0 Å². The van der Waals surface area contributed by atoms with Gasteiger partial charge in [0.15, 0.2) is 5.69 Å². The minimum atomic E-state index is -1.09. The van der Waals surface area contributed by atoms with Crippen molar-refractivity contribution in [2.75, 3.05) is 6.26 Å². The molecule has 58 valence electrons. The number of aromatic nitrogens is 3. The Morgan fingerprint density at radius 2 is 2.45 bits per heavy atom. The lowest BCUT2D eigenvalue weighted by Crippen LogP contribution is -2.03. The van der Waals surface area contributed by atoms with E-state index in [0.717, 1.165) is 6.20 Å². The second kappa shape index (κ2) is 3.29. The lowest BCUT2D eigenvalue weighted by Gasteiger charge is -1.93. The van der Waals surface area contributed by atoms with Crippen LogP contribution < -0.4 is 0 Å². The van der Waals surface area contributed by atoms with Crippen LogP contribution in [-0.2, 0) is 0 Å². The zero-order valence-corrected chi connectivity index (χ0v) is 6.50. The Hall–Kier alpha value is -1.17. The molecule has 1 heterocycles. The molecule has 0 bridgehead atoms. The molecule has 0 fully saturated rings. The molecule has 0 aliphatic heterocycles. The van der Waals surface area contributed by atoms with Gasteiger partial charge in [-0.1, -0.05) is 11.8 Å². The van der Waals surface area contributed by atoms with Crippen molar-refractivity contribution in [2.45, 2.75) is 5.16 Å². The van der Waals surface area contributed by atoms with Crippen LogP contribution in [0.3, 0.4) is 0 Å². The predicted molar refractivity (Wildman–Crippen MR) is 38.6 cm³/mol. The van der Waals surface area contributed by atoms with E-state index < -0.39 is 5.97 Å². The molecule has 1 rings (SSSR count). The predicted octanol–water partition coefficient (Wildman–Crippen LogP) is 0.292. The van der Waals surface area contributed by atoms with Gasteiger partial charge in [-0.2, -0.15) is 5.10 Å². The summed E-state index contributed by atoms with van der Waals surface area (Å²) in [5, 5.41) is 15.9. The smallest absolute Gasteiger partial charge is 0.356 e. The van der Waals surface area contributed by atoms with E-state index in [4.69, 9.17) is 5.11 Å². The molecule has 5 nitrogen and oxygen atoms in total. The number of hydrogen-bond donors (Lipinski definition) is 1. The van der Waals surface area contributed by atoms with Crippen molar-refractivity contribution in [3.8, 4) is 0 Å². The Balaban J connectivity index is 3.01. The molecule has 0 aromatic carbocycles. The first-order valence-electron chi connectivity index (χ1n) is 2.71. The Labute approximate surface area is 66.9 Å². The Morgan fingerprint density at radius 1 is 1.73 bits per heavy atom. The van der Waals surface area contributed by atoms with Crippen molar-refractivity contribution < 1.29 is 9.90 Å². The van der Waals surface area contributed by atoms with Gasteiger partial charge in [0.05, 0.1) is 6.20 Å². The molecular weight excluding hydrogens is 166 g/mol. The van der Waals surface area contributed by atoms with E-state index in [2.05, 4.69) is 15.2 Å². The number of hydrogen-bond acceptors (Lipinski definition) is 5. The fourth-order valence-corrected chi connectivity index (χ4v) is 0.795. The molecule has 0 saturated heterocycles. The van der Waals surface area contributed by atoms with Crippen LogP contribution in [0, 0.1) is 0 Å². The van der Waals surface area contributed by atoms with Crippen molar-refractivity contribution in [1.82, 2.24) is 15.2 Å². The summed E-state index contributed by atoms with van der Waals surface area (Å²) in [6.07, 6.45) is 2.87. The highest BCUT2D eigenvalue weighted by Crippen LogP contribution is 2.05. The molecule has 0 amide bonds. The van der Waals surface area contributed by atoms with E-state index in [1.807, 2.05) is 0 Å². The topological polar surface area (TPSA) is 76.0 Å². The van der Waals surface area contributed by atoms with Gasteiger partial charge < -0.3 is 5.11 Å². The van der Waals surface area contributed by atoms with Gasteiger partial charge in [0.2, 0.25) is 5.16 Å². The lowest BCUT2D eigenvalue weighted by atomic mass is 10.5. The van der Waals surface area contributed by atoms with E-state index in [0.29, 0.717) is 5.16 Å². The molecule has 0 spiro atoms.